The van der Waals surface area contributed by atoms with E-state index < -0.39 is 85.3 Å². The zero-order valence-electron chi connectivity index (χ0n) is 71.6. The van der Waals surface area contributed by atoms with Gasteiger partial charge in [0.25, 0.3) is 0 Å². The molecular weight excluding hydrogens is 1590 g/mol. The minimum atomic E-state index is -5.25. The molecule has 0 aliphatic heterocycles. The first-order chi connectivity index (χ1) is 59.2. The van der Waals surface area contributed by atoms with Crippen molar-refractivity contribution in [3.63, 3.8) is 0 Å². The van der Waals surface area contributed by atoms with E-state index in [1.807, 2.05) is 61.9 Å². The molecule has 0 saturated heterocycles. The van der Waals surface area contributed by atoms with Crippen LogP contribution >= 0.6 is 0 Å². The summed E-state index contributed by atoms with van der Waals surface area (Å²) in [6.45, 7) is 21.7. The Balaban J connectivity index is 1.28. The van der Waals surface area contributed by atoms with Crippen molar-refractivity contribution < 1.29 is 113 Å². The molecule has 8 rings (SSSR count). The maximum absolute atomic E-state index is 13.9. The van der Waals surface area contributed by atoms with Crippen molar-refractivity contribution in [2.45, 2.75) is 166 Å². The predicted molar refractivity (Wildman–Crippen MR) is 448 cm³/mol. The Morgan fingerprint density at radius 1 is 0.390 bits per heavy atom. The highest BCUT2D eigenvalue weighted by Gasteiger charge is 2.48. The number of nitrogens with zero attached hydrogens (tertiary/aromatic N) is 5. The number of aromatic nitrogens is 3. The number of fused-ring (bicyclic) bond motifs is 3. The SMILES string of the molecule is CCCOc1cc(OCC(=O)OCC)c(C#Cc2cc(CN(CCC)Cc3cc(C#Cc4ccc5c(c4)C(CC(=O)OCC)(CC(=O)OCC)c4cc(NC(=O)C(F)(F)F)ccc4-5)cc(CN(CC(=O)OCC)Cc4cc(C#Cc5c(OCCC)cc(OCC(=O)OCC)cc5OCCC)cc(CC)n4)n3)nc(C(=O)OCC)c2)c(OCC(=O)OCC)c1. The summed E-state index contributed by atoms with van der Waals surface area (Å²) in [5.41, 5.74) is 4.40. The minimum Gasteiger partial charge on any atom is -0.493 e. The lowest BCUT2D eigenvalue weighted by atomic mass is 9.72. The number of hydrogen-bond acceptors (Lipinski definition) is 26. The van der Waals surface area contributed by atoms with Crippen LogP contribution in [-0.2, 0) is 105 Å². The van der Waals surface area contributed by atoms with Crippen LogP contribution in [0.1, 0.15) is 205 Å². The van der Waals surface area contributed by atoms with Crippen molar-refractivity contribution in [2.75, 3.05) is 104 Å². The van der Waals surface area contributed by atoms with Crippen LogP contribution in [0.2, 0.25) is 0 Å². The first kappa shape index (κ1) is 95.7. The van der Waals surface area contributed by atoms with E-state index in [1.165, 1.54) is 36.4 Å². The van der Waals surface area contributed by atoms with Gasteiger partial charge in [0.2, 0.25) is 0 Å². The lowest BCUT2D eigenvalue weighted by Crippen LogP contribution is -2.34. The number of pyridine rings is 3. The van der Waals surface area contributed by atoms with Gasteiger partial charge in [-0.25, -0.2) is 24.2 Å². The molecule has 0 atom stereocenters. The van der Waals surface area contributed by atoms with Crippen molar-refractivity contribution >= 4 is 53.4 Å². The van der Waals surface area contributed by atoms with E-state index in [4.69, 9.17) is 76.5 Å². The lowest BCUT2D eigenvalue weighted by Gasteiger charge is -2.30. The Labute approximate surface area is 714 Å². The number of nitrogens with one attached hydrogen (secondary N) is 1. The Bertz CT molecular complexity index is 5000. The second-order valence-corrected chi connectivity index (χ2v) is 27.8. The van der Waals surface area contributed by atoms with E-state index in [9.17, 15) is 51.5 Å². The average molecular weight is 1700 g/mol. The van der Waals surface area contributed by atoms with Gasteiger partial charge in [0, 0.05) is 89.5 Å². The molecule has 123 heavy (non-hydrogen) atoms. The number of rotatable bonds is 44. The van der Waals surface area contributed by atoms with Crippen LogP contribution in [0.5, 0.6) is 34.5 Å². The molecule has 1 aliphatic rings. The molecule has 1 amide bonds. The number of aryl methyl sites for hydroxylation is 1. The number of ether oxygens (including phenoxy) is 13. The monoisotopic (exact) mass is 1700 g/mol. The van der Waals surface area contributed by atoms with E-state index in [2.05, 4.69) is 35.5 Å². The fourth-order valence-electron chi connectivity index (χ4n) is 13.2. The summed E-state index contributed by atoms with van der Waals surface area (Å²) in [7, 11) is 0. The third-order valence-electron chi connectivity index (χ3n) is 18.2. The molecule has 0 fully saturated rings. The molecule has 0 spiro atoms. The van der Waals surface area contributed by atoms with Crippen molar-refractivity contribution in [1.29, 1.82) is 0 Å². The number of amides is 1. The van der Waals surface area contributed by atoms with Crippen molar-refractivity contribution in [2.24, 2.45) is 0 Å². The Kier molecular flexibility index (Phi) is 37.4. The van der Waals surface area contributed by atoms with Crippen LogP contribution in [0.4, 0.5) is 18.9 Å². The summed E-state index contributed by atoms with van der Waals surface area (Å²) < 4.78 is 115. The minimum absolute atomic E-state index is 0.00737. The van der Waals surface area contributed by atoms with Gasteiger partial charge in [-0.1, -0.05) is 82.3 Å². The van der Waals surface area contributed by atoms with Crippen LogP contribution in [0.3, 0.4) is 0 Å². The molecule has 1 aliphatic carbocycles. The second-order valence-electron chi connectivity index (χ2n) is 27.8. The highest BCUT2D eigenvalue weighted by Crippen LogP contribution is 2.54. The van der Waals surface area contributed by atoms with Gasteiger partial charge in [-0.3, -0.25) is 38.9 Å². The first-order valence-corrected chi connectivity index (χ1v) is 41.2. The summed E-state index contributed by atoms with van der Waals surface area (Å²) in [4.78, 5) is 125. The topological polar surface area (TPSA) is 314 Å². The molecule has 27 nitrogen and oxygen atoms in total. The van der Waals surface area contributed by atoms with E-state index in [0.717, 1.165) is 0 Å². The maximum atomic E-state index is 13.9. The molecule has 0 saturated carbocycles. The third kappa shape index (κ3) is 28.7. The quantitative estimate of drug-likeness (QED) is 0.0211. The van der Waals surface area contributed by atoms with Crippen LogP contribution in [-0.4, -0.2) is 178 Å². The molecule has 0 bridgehead atoms. The standard InChI is InChI=1S/C93H105F3N6O21/c1-13-35-101(54-70-43-64(45-79(99-70)90(109)117-24-12)29-33-76-82(122-59-88(107)115-22-10)47-71(118-36-14-2)48-83(76)123-60-89(108)116-23-11)53-67-40-62(26-25-61-27-31-73-74-34-30-66(100-91(110)93(94,95)96)46-78(74)92(77(73)44-61,51-84(103)111-18-6)52-85(104)112-19-7)41-69(98-67)56-102(57-86(105)113-20-8)55-68-42-63(39-65(17-5)97-68)28-32-75-80(119-37-15-3)49-72(50-81(75)120-38-16-4)121-58-87(106)114-21-9/h27,30-31,34,39-50H,13-24,35-38,51-60H2,1-12H3,(H,100,110). The van der Waals surface area contributed by atoms with Gasteiger partial charge in [-0.2, -0.15) is 13.2 Å². The van der Waals surface area contributed by atoms with E-state index >= 15 is 0 Å². The number of alkyl halides is 3. The van der Waals surface area contributed by atoms with Gasteiger partial charge in [-0.05, 0) is 170 Å². The number of anilines is 1. The Hall–Kier alpha value is -12.7. The summed E-state index contributed by atoms with van der Waals surface area (Å²) in [6, 6.07) is 26.0. The summed E-state index contributed by atoms with van der Waals surface area (Å²) in [5, 5.41) is 1.91. The zero-order chi connectivity index (χ0) is 89.0. The zero-order valence-corrected chi connectivity index (χ0v) is 71.6. The number of hydrogen-bond donors (Lipinski definition) is 1. The van der Waals surface area contributed by atoms with E-state index in [-0.39, 0.29) is 131 Å². The van der Waals surface area contributed by atoms with Crippen LogP contribution in [0.15, 0.2) is 97.1 Å². The van der Waals surface area contributed by atoms with Crippen LogP contribution in [0.25, 0.3) is 11.1 Å². The molecule has 1 N–H and O–H groups in total. The predicted octanol–water partition coefficient (Wildman–Crippen LogP) is 13.7. The van der Waals surface area contributed by atoms with Gasteiger partial charge in [0.1, 0.15) is 51.3 Å². The fourth-order valence-corrected chi connectivity index (χ4v) is 13.2. The second kappa shape index (κ2) is 48.1. The van der Waals surface area contributed by atoms with Crippen molar-refractivity contribution in [3.8, 4) is 81.1 Å². The summed E-state index contributed by atoms with van der Waals surface area (Å²) in [5.74, 6) is 14.0. The summed E-state index contributed by atoms with van der Waals surface area (Å²) in [6.07, 6.45) is -3.13. The molecular formula is C93H105F3N6O21. The normalized spacial score (nSPS) is 11.5. The lowest BCUT2D eigenvalue weighted by molar-refractivity contribution is -0.167. The van der Waals surface area contributed by atoms with Crippen molar-refractivity contribution in [3.05, 3.63) is 176 Å². The largest absolute Gasteiger partial charge is 0.493 e. The number of benzene rings is 4. The number of halogens is 3. The highest BCUT2D eigenvalue weighted by atomic mass is 19.4. The number of esters is 7. The fraction of sp³-hybridized carbons (Fsp3) is 0.430. The number of carbonyl (C=O) groups excluding carboxylic acids is 8. The van der Waals surface area contributed by atoms with Gasteiger partial charge in [-0.15, -0.1) is 0 Å². The van der Waals surface area contributed by atoms with Crippen LogP contribution < -0.4 is 33.7 Å². The van der Waals surface area contributed by atoms with Gasteiger partial charge in [0.15, 0.2) is 19.8 Å². The molecule has 30 heteroatoms. The van der Waals surface area contributed by atoms with E-state index in [1.54, 1.807) is 97.0 Å². The molecule has 4 aromatic carbocycles. The average Bonchev–Trinajstić information content (AvgIpc) is 1.56. The van der Waals surface area contributed by atoms with E-state index in [0.29, 0.717) is 143 Å². The Morgan fingerprint density at radius 2 is 0.789 bits per heavy atom. The summed E-state index contributed by atoms with van der Waals surface area (Å²) >= 11 is 0. The first-order valence-electron chi connectivity index (χ1n) is 41.2. The molecule has 3 heterocycles. The van der Waals surface area contributed by atoms with Gasteiger partial charge >= 0.3 is 53.9 Å². The van der Waals surface area contributed by atoms with Crippen LogP contribution in [0, 0.1) is 35.5 Å². The molecule has 0 unspecified atom stereocenters. The van der Waals surface area contributed by atoms with Gasteiger partial charge < -0.3 is 66.9 Å². The van der Waals surface area contributed by atoms with Crippen molar-refractivity contribution in [1.82, 2.24) is 24.8 Å². The maximum Gasteiger partial charge on any atom is 0.471 e. The highest BCUT2D eigenvalue weighted by molar-refractivity contribution is 5.97. The molecule has 7 aromatic rings. The molecule has 3 aromatic heterocycles. The smallest absolute Gasteiger partial charge is 0.471 e. The third-order valence-corrected chi connectivity index (χ3v) is 18.2. The Morgan fingerprint density at radius 3 is 1.27 bits per heavy atom. The molecule has 0 radical (unpaired) electrons. The molecule has 654 valence electrons. The van der Waals surface area contributed by atoms with Gasteiger partial charge in [0.05, 0.1) is 108 Å². The number of carbonyl (C=O) groups is 8.